The first-order valence-electron chi connectivity index (χ1n) is 8.84. The fourth-order valence-electron chi connectivity index (χ4n) is 3.50. The Morgan fingerprint density at radius 1 is 1.00 bits per heavy atom. The largest absolute Gasteiger partial charge is 0.422 e. The summed E-state index contributed by atoms with van der Waals surface area (Å²) >= 11 is 1.53. The summed E-state index contributed by atoms with van der Waals surface area (Å²) in [5, 5.41) is 3.79. The molecule has 3 aromatic carbocycles. The van der Waals surface area contributed by atoms with Gasteiger partial charge in [-0.1, -0.05) is 60.3 Å². The number of carbonyl (C=O) groups is 1. The Balaban J connectivity index is 1.56. The highest BCUT2D eigenvalue weighted by Gasteiger charge is 2.25. The van der Waals surface area contributed by atoms with Crippen LogP contribution in [-0.4, -0.2) is 12.8 Å². The van der Waals surface area contributed by atoms with E-state index >= 15 is 0 Å². The van der Waals surface area contributed by atoms with E-state index in [1.54, 1.807) is 18.2 Å². The lowest BCUT2D eigenvalue weighted by Crippen LogP contribution is -2.15. The van der Waals surface area contributed by atoms with Gasteiger partial charge in [0.1, 0.15) is 11.1 Å². The summed E-state index contributed by atoms with van der Waals surface area (Å²) in [5.41, 5.74) is 0.978. The summed E-state index contributed by atoms with van der Waals surface area (Å²) < 4.78 is 5.30. The van der Waals surface area contributed by atoms with E-state index in [0.29, 0.717) is 5.58 Å². The lowest BCUT2D eigenvalue weighted by molar-refractivity contribution is 0.104. The topological polar surface area (TPSA) is 50.5 Å². The van der Waals surface area contributed by atoms with E-state index in [1.165, 1.54) is 17.8 Å². The Morgan fingerprint density at radius 3 is 2.61 bits per heavy atom. The number of benzene rings is 3. The van der Waals surface area contributed by atoms with Crippen molar-refractivity contribution in [3.05, 3.63) is 93.8 Å². The molecular formula is C23H15NO3S. The van der Waals surface area contributed by atoms with Crippen molar-refractivity contribution in [2.24, 2.45) is 0 Å². The molecular weight excluding hydrogens is 370 g/mol. The summed E-state index contributed by atoms with van der Waals surface area (Å²) in [6.07, 6.45) is 1.51. The maximum atomic E-state index is 12.8. The third kappa shape index (κ3) is 2.63. The van der Waals surface area contributed by atoms with Crippen molar-refractivity contribution in [1.82, 2.24) is 0 Å². The van der Waals surface area contributed by atoms with Crippen LogP contribution in [0.15, 0.2) is 91.9 Å². The van der Waals surface area contributed by atoms with Crippen LogP contribution < -0.4 is 10.5 Å². The van der Waals surface area contributed by atoms with Gasteiger partial charge in [-0.15, -0.1) is 0 Å². The zero-order valence-corrected chi connectivity index (χ0v) is 15.8. The highest BCUT2D eigenvalue weighted by atomic mass is 32.2. The molecule has 0 spiro atoms. The average Bonchev–Trinajstić information content (AvgIpc) is 3.03. The average molecular weight is 385 g/mol. The Kier molecular flexibility index (Phi) is 3.84. The lowest BCUT2D eigenvalue weighted by Gasteiger charge is -2.15. The number of hydrogen-bond donors (Lipinski definition) is 0. The third-order valence-electron chi connectivity index (χ3n) is 4.91. The van der Waals surface area contributed by atoms with Crippen LogP contribution in [0.4, 0.5) is 5.69 Å². The number of thioether (sulfide) groups is 1. The smallest absolute Gasteiger partial charge is 0.347 e. The number of ketones is 1. The molecule has 0 radical (unpaired) electrons. The second-order valence-corrected chi connectivity index (χ2v) is 7.69. The number of allylic oxidation sites excluding steroid dienone is 1. The SMILES string of the molecule is CN1C(=CC(=O)c2cc3ccccc3oc2=O)Sc2ccc3ccccc3c21. The molecule has 0 bridgehead atoms. The van der Waals surface area contributed by atoms with Gasteiger partial charge in [-0.05, 0) is 23.6 Å². The van der Waals surface area contributed by atoms with Gasteiger partial charge in [0.15, 0.2) is 5.78 Å². The molecule has 2 heterocycles. The van der Waals surface area contributed by atoms with Crippen molar-refractivity contribution >= 4 is 45.0 Å². The van der Waals surface area contributed by atoms with Crippen LogP contribution in [-0.2, 0) is 0 Å². The van der Waals surface area contributed by atoms with Crippen LogP contribution in [0.5, 0.6) is 0 Å². The van der Waals surface area contributed by atoms with Crippen LogP contribution in [0.25, 0.3) is 21.7 Å². The molecule has 136 valence electrons. The summed E-state index contributed by atoms with van der Waals surface area (Å²) in [6.45, 7) is 0. The molecule has 0 atom stereocenters. The fourth-order valence-corrected chi connectivity index (χ4v) is 4.60. The number of anilines is 1. The minimum Gasteiger partial charge on any atom is -0.422 e. The van der Waals surface area contributed by atoms with Crippen LogP contribution >= 0.6 is 11.8 Å². The number of carbonyl (C=O) groups excluding carboxylic acids is 1. The maximum Gasteiger partial charge on any atom is 0.347 e. The quantitative estimate of drug-likeness (QED) is 0.269. The zero-order valence-electron chi connectivity index (χ0n) is 15.0. The lowest BCUT2D eigenvalue weighted by atomic mass is 10.1. The van der Waals surface area contributed by atoms with E-state index in [1.807, 2.05) is 36.2 Å². The summed E-state index contributed by atoms with van der Waals surface area (Å²) in [6, 6.07) is 21.1. The van der Waals surface area contributed by atoms with E-state index < -0.39 is 5.63 Å². The number of rotatable bonds is 2. The molecule has 5 heteroatoms. The van der Waals surface area contributed by atoms with E-state index in [4.69, 9.17) is 4.42 Å². The highest BCUT2D eigenvalue weighted by Crippen LogP contribution is 2.48. The normalized spacial score (nSPS) is 14.8. The molecule has 0 aliphatic carbocycles. The van der Waals surface area contributed by atoms with Gasteiger partial charge >= 0.3 is 5.63 Å². The third-order valence-corrected chi connectivity index (χ3v) is 6.06. The molecule has 0 saturated carbocycles. The molecule has 1 aromatic heterocycles. The molecule has 0 unspecified atom stereocenters. The standard InChI is InChI=1S/C23H15NO3S/c1-24-21(28-20-11-10-14-6-2-4-8-16(14)22(20)24)13-18(25)17-12-15-7-3-5-9-19(15)27-23(17)26/h2-13H,1H3. The van der Waals surface area contributed by atoms with Crippen molar-refractivity contribution in [3.63, 3.8) is 0 Å². The molecule has 4 aromatic rings. The first-order chi connectivity index (χ1) is 13.6. The summed E-state index contributed by atoms with van der Waals surface area (Å²) in [4.78, 5) is 28.2. The molecule has 28 heavy (non-hydrogen) atoms. The number of hydrogen-bond acceptors (Lipinski definition) is 5. The van der Waals surface area contributed by atoms with Crippen LogP contribution in [0, 0.1) is 0 Å². The minimum atomic E-state index is -0.617. The number of fused-ring (bicyclic) bond motifs is 4. The monoisotopic (exact) mass is 385 g/mol. The summed E-state index contributed by atoms with van der Waals surface area (Å²) in [7, 11) is 1.94. The molecule has 5 rings (SSSR count). The van der Waals surface area contributed by atoms with Gasteiger partial charge in [-0.25, -0.2) is 4.79 Å². The molecule has 1 aliphatic heterocycles. The van der Waals surface area contributed by atoms with Crippen LogP contribution in [0.1, 0.15) is 10.4 Å². The first kappa shape index (κ1) is 16.8. The Bertz CT molecular complexity index is 1350. The fraction of sp³-hybridized carbons (Fsp3) is 0.0435. The van der Waals surface area contributed by atoms with Gasteiger partial charge in [-0.3, -0.25) is 4.79 Å². The van der Waals surface area contributed by atoms with E-state index in [9.17, 15) is 9.59 Å². The maximum absolute atomic E-state index is 12.8. The second-order valence-electron chi connectivity index (χ2n) is 6.63. The predicted octanol–water partition coefficient (Wildman–Crippen LogP) is 5.21. The molecule has 1 aliphatic rings. The van der Waals surface area contributed by atoms with Gasteiger partial charge in [0.25, 0.3) is 0 Å². The first-order valence-corrected chi connectivity index (χ1v) is 9.66. The highest BCUT2D eigenvalue weighted by molar-refractivity contribution is 8.03. The Labute approximate surface area is 165 Å². The Hall–Kier alpha value is -3.31. The zero-order chi connectivity index (χ0) is 19.3. The van der Waals surface area contributed by atoms with Crippen molar-refractivity contribution in [2.75, 3.05) is 11.9 Å². The van der Waals surface area contributed by atoms with E-state index in [-0.39, 0.29) is 11.3 Å². The van der Waals surface area contributed by atoms with Crippen LogP contribution in [0.3, 0.4) is 0 Å². The molecule has 0 fully saturated rings. The van der Waals surface area contributed by atoms with Gasteiger partial charge in [0.2, 0.25) is 0 Å². The number of para-hydroxylation sites is 1. The summed E-state index contributed by atoms with van der Waals surface area (Å²) in [5.74, 6) is -0.356. The van der Waals surface area contributed by atoms with Gasteiger partial charge in [0, 0.05) is 28.8 Å². The second kappa shape index (κ2) is 6.39. The van der Waals surface area contributed by atoms with Gasteiger partial charge in [0.05, 0.1) is 10.7 Å². The van der Waals surface area contributed by atoms with Crippen molar-refractivity contribution in [3.8, 4) is 0 Å². The van der Waals surface area contributed by atoms with E-state index in [2.05, 4.69) is 24.3 Å². The molecule has 0 saturated heterocycles. The van der Waals surface area contributed by atoms with Crippen molar-refractivity contribution < 1.29 is 9.21 Å². The van der Waals surface area contributed by atoms with Gasteiger partial charge in [-0.2, -0.15) is 0 Å². The molecule has 4 nitrogen and oxygen atoms in total. The van der Waals surface area contributed by atoms with E-state index in [0.717, 1.165) is 31.8 Å². The van der Waals surface area contributed by atoms with Crippen molar-refractivity contribution in [1.29, 1.82) is 0 Å². The van der Waals surface area contributed by atoms with Gasteiger partial charge < -0.3 is 9.32 Å². The number of nitrogens with zero attached hydrogens (tertiary/aromatic N) is 1. The molecule has 0 N–H and O–H groups in total. The predicted molar refractivity (Wildman–Crippen MR) is 113 cm³/mol. The van der Waals surface area contributed by atoms with Crippen LogP contribution in [0.2, 0.25) is 0 Å². The van der Waals surface area contributed by atoms with Crippen molar-refractivity contribution in [2.45, 2.75) is 4.90 Å². The molecule has 0 amide bonds. The minimum absolute atomic E-state index is 0.0426. The Morgan fingerprint density at radius 2 is 1.75 bits per heavy atom.